The predicted molar refractivity (Wildman–Crippen MR) is 47.5 cm³/mol. The molecular formula is C6H7N5OS. The van der Waals surface area contributed by atoms with Crippen molar-refractivity contribution in [2.24, 2.45) is 0 Å². The van der Waals surface area contributed by atoms with E-state index in [2.05, 4.69) is 10.2 Å². The van der Waals surface area contributed by atoms with Gasteiger partial charge in [0.15, 0.2) is 0 Å². The molecule has 0 radical (unpaired) electrons. The van der Waals surface area contributed by atoms with Gasteiger partial charge in [0.05, 0.1) is 11.8 Å². The van der Waals surface area contributed by atoms with Gasteiger partial charge >= 0.3 is 0 Å². The number of nitrogens with two attached hydrogens (primary N) is 1. The van der Waals surface area contributed by atoms with E-state index in [9.17, 15) is 4.79 Å². The molecule has 68 valence electrons. The van der Waals surface area contributed by atoms with Crippen molar-refractivity contribution < 1.29 is 0 Å². The van der Waals surface area contributed by atoms with Gasteiger partial charge in [0.1, 0.15) is 5.69 Å². The first-order valence-corrected chi connectivity index (χ1v) is 4.36. The van der Waals surface area contributed by atoms with Gasteiger partial charge in [-0.1, -0.05) is 11.8 Å². The van der Waals surface area contributed by atoms with Crippen molar-refractivity contribution in [1.82, 2.24) is 14.9 Å². The zero-order valence-electron chi connectivity index (χ0n) is 6.89. The number of rotatable bonds is 2. The minimum absolute atomic E-state index is 0.189. The fraction of sp³-hybridized carbons (Fsp3) is 0.333. The predicted octanol–water partition coefficient (Wildman–Crippen LogP) is -0.724. The van der Waals surface area contributed by atoms with E-state index >= 15 is 0 Å². The van der Waals surface area contributed by atoms with Crippen LogP contribution in [0.5, 0.6) is 0 Å². The van der Waals surface area contributed by atoms with Crippen LogP contribution in [0.4, 0.5) is 0 Å². The summed E-state index contributed by atoms with van der Waals surface area (Å²) in [6, 6.07) is 1.90. The molecule has 1 aromatic heterocycles. The second-order valence-corrected chi connectivity index (χ2v) is 3.13. The van der Waals surface area contributed by atoms with Crippen molar-refractivity contribution in [3.8, 4) is 6.07 Å². The van der Waals surface area contributed by atoms with Crippen LogP contribution in [0.15, 0.2) is 9.95 Å². The third-order valence-electron chi connectivity index (χ3n) is 1.29. The minimum Gasteiger partial charge on any atom is -0.334 e. The lowest BCUT2D eigenvalue weighted by Crippen LogP contribution is -2.32. The average molecular weight is 197 g/mol. The summed E-state index contributed by atoms with van der Waals surface area (Å²) in [5.41, 5.74) is -0.153. The Balaban J connectivity index is 3.06. The molecule has 0 aliphatic carbocycles. The second kappa shape index (κ2) is 3.91. The maximum Gasteiger partial charge on any atom is 0.294 e. The highest BCUT2D eigenvalue weighted by atomic mass is 32.2. The number of thioether (sulfide) groups is 1. The van der Waals surface area contributed by atoms with Crippen LogP contribution < -0.4 is 11.4 Å². The molecule has 0 spiro atoms. The van der Waals surface area contributed by atoms with Crippen molar-refractivity contribution in [2.45, 2.75) is 12.1 Å². The molecule has 6 nitrogen and oxygen atoms in total. The van der Waals surface area contributed by atoms with Gasteiger partial charge in [0.25, 0.3) is 5.56 Å². The first-order valence-electron chi connectivity index (χ1n) is 3.38. The number of aromatic nitrogens is 3. The van der Waals surface area contributed by atoms with E-state index < -0.39 is 5.56 Å². The first-order chi connectivity index (χ1) is 6.16. The number of nitrogens with zero attached hydrogens (tertiary/aromatic N) is 4. The molecule has 0 aliphatic heterocycles. The summed E-state index contributed by atoms with van der Waals surface area (Å²) in [6.07, 6.45) is 0. The van der Waals surface area contributed by atoms with Gasteiger partial charge in [-0.05, 0) is 6.92 Å². The topological polar surface area (TPSA) is 97.6 Å². The quantitative estimate of drug-likeness (QED) is 0.496. The SMILES string of the molecule is Cc1nnc(SCC#N)n(N)c1=O. The smallest absolute Gasteiger partial charge is 0.294 e. The van der Waals surface area contributed by atoms with Gasteiger partial charge < -0.3 is 5.84 Å². The minimum atomic E-state index is -0.393. The molecule has 1 heterocycles. The van der Waals surface area contributed by atoms with E-state index in [0.717, 1.165) is 16.4 Å². The fourth-order valence-corrected chi connectivity index (χ4v) is 1.18. The molecule has 0 bridgehead atoms. The summed E-state index contributed by atoms with van der Waals surface area (Å²) < 4.78 is 0.893. The van der Waals surface area contributed by atoms with Crippen LogP contribution in [-0.4, -0.2) is 20.6 Å². The summed E-state index contributed by atoms with van der Waals surface area (Å²) in [4.78, 5) is 11.2. The fourth-order valence-electron chi connectivity index (χ4n) is 0.665. The Morgan fingerprint density at radius 1 is 1.69 bits per heavy atom. The highest BCUT2D eigenvalue weighted by molar-refractivity contribution is 7.99. The van der Waals surface area contributed by atoms with Gasteiger partial charge in [-0.2, -0.15) is 9.94 Å². The molecule has 0 unspecified atom stereocenters. The highest BCUT2D eigenvalue weighted by Crippen LogP contribution is 2.09. The number of nitrogen functional groups attached to an aromatic ring is 1. The van der Waals surface area contributed by atoms with Crippen LogP contribution in [0.3, 0.4) is 0 Å². The maximum atomic E-state index is 11.2. The van der Waals surface area contributed by atoms with Gasteiger partial charge in [0.2, 0.25) is 5.16 Å². The highest BCUT2D eigenvalue weighted by Gasteiger charge is 2.06. The van der Waals surface area contributed by atoms with Crippen molar-refractivity contribution in [2.75, 3.05) is 11.6 Å². The van der Waals surface area contributed by atoms with Crippen LogP contribution in [0, 0.1) is 18.3 Å². The Labute approximate surface area is 78.4 Å². The van der Waals surface area contributed by atoms with Crippen molar-refractivity contribution in [3.05, 3.63) is 16.0 Å². The molecule has 1 aromatic rings. The molecule has 0 saturated carbocycles. The van der Waals surface area contributed by atoms with Crippen LogP contribution in [0.1, 0.15) is 5.69 Å². The van der Waals surface area contributed by atoms with Gasteiger partial charge in [-0.25, -0.2) is 0 Å². The molecule has 0 saturated heterocycles. The molecule has 0 aromatic carbocycles. The van der Waals surface area contributed by atoms with E-state index in [1.807, 2.05) is 6.07 Å². The molecule has 7 heteroatoms. The average Bonchev–Trinajstić information content (AvgIpc) is 2.13. The second-order valence-electron chi connectivity index (χ2n) is 2.19. The summed E-state index contributed by atoms with van der Waals surface area (Å²) in [5.74, 6) is 5.58. The molecule has 1 rings (SSSR count). The van der Waals surface area contributed by atoms with Gasteiger partial charge in [-0.15, -0.1) is 10.2 Å². The van der Waals surface area contributed by atoms with Crippen LogP contribution in [0.2, 0.25) is 0 Å². The number of hydrogen-bond donors (Lipinski definition) is 1. The van der Waals surface area contributed by atoms with Crippen molar-refractivity contribution in [3.63, 3.8) is 0 Å². The molecule has 0 aliphatic rings. The Kier molecular flexibility index (Phi) is 2.87. The third-order valence-corrected chi connectivity index (χ3v) is 2.10. The largest absolute Gasteiger partial charge is 0.334 e. The summed E-state index contributed by atoms with van der Waals surface area (Å²) >= 11 is 1.07. The van der Waals surface area contributed by atoms with Crippen LogP contribution in [-0.2, 0) is 0 Å². The molecule has 0 atom stereocenters. The summed E-state index contributed by atoms with van der Waals surface area (Å²) in [5, 5.41) is 15.8. The Morgan fingerprint density at radius 3 is 3.00 bits per heavy atom. The molecule has 0 fully saturated rings. The zero-order valence-corrected chi connectivity index (χ0v) is 7.71. The lowest BCUT2D eigenvalue weighted by Gasteiger charge is -2.02. The number of nitriles is 1. The summed E-state index contributed by atoms with van der Waals surface area (Å²) in [7, 11) is 0. The normalized spacial score (nSPS) is 9.54. The van der Waals surface area contributed by atoms with Crippen LogP contribution in [0.25, 0.3) is 0 Å². The Hall–Kier alpha value is -1.55. The van der Waals surface area contributed by atoms with E-state index in [1.165, 1.54) is 6.92 Å². The van der Waals surface area contributed by atoms with Crippen molar-refractivity contribution >= 4 is 11.8 Å². The van der Waals surface area contributed by atoms with E-state index in [0.29, 0.717) is 0 Å². The monoisotopic (exact) mass is 197 g/mol. The molecule has 2 N–H and O–H groups in total. The Morgan fingerprint density at radius 2 is 2.38 bits per heavy atom. The van der Waals surface area contributed by atoms with Crippen molar-refractivity contribution in [1.29, 1.82) is 5.26 Å². The van der Waals surface area contributed by atoms with Crippen LogP contribution >= 0.6 is 11.8 Å². The number of hydrogen-bond acceptors (Lipinski definition) is 6. The van der Waals surface area contributed by atoms with E-state index in [-0.39, 0.29) is 16.6 Å². The molecular weight excluding hydrogens is 190 g/mol. The molecule has 13 heavy (non-hydrogen) atoms. The first kappa shape index (κ1) is 9.54. The zero-order chi connectivity index (χ0) is 9.84. The van der Waals surface area contributed by atoms with E-state index in [1.54, 1.807) is 0 Å². The van der Waals surface area contributed by atoms with Gasteiger partial charge in [0, 0.05) is 0 Å². The lowest BCUT2D eigenvalue weighted by atomic mass is 10.5. The van der Waals surface area contributed by atoms with Gasteiger partial charge in [-0.3, -0.25) is 4.79 Å². The lowest BCUT2D eigenvalue weighted by molar-refractivity contribution is 0.682. The maximum absolute atomic E-state index is 11.2. The molecule has 0 amide bonds. The number of aryl methyl sites for hydroxylation is 1. The Bertz CT molecular complexity index is 406. The third kappa shape index (κ3) is 1.97. The summed E-state index contributed by atoms with van der Waals surface area (Å²) in [6.45, 7) is 1.53. The standard InChI is InChI=1S/C6H7N5OS/c1-4-5(12)11(8)6(10-9-4)13-3-2-7/h3,8H2,1H3. The van der Waals surface area contributed by atoms with E-state index in [4.69, 9.17) is 11.1 Å².